The molecular weight excluding hydrogens is 166 g/mol. The lowest BCUT2D eigenvalue weighted by Gasteiger charge is -2.02. The van der Waals surface area contributed by atoms with Crippen LogP contribution >= 0.6 is 0 Å². The minimum atomic E-state index is -0.715. The molecule has 1 amide bonds. The molecule has 0 spiro atoms. The maximum atomic E-state index is 10.3. The molecule has 1 aromatic rings. The third-order valence-corrected chi connectivity index (χ3v) is 1.72. The molecule has 0 radical (unpaired) electrons. The molecule has 0 aliphatic rings. The van der Waals surface area contributed by atoms with Crippen molar-refractivity contribution in [2.75, 3.05) is 6.61 Å². The predicted molar refractivity (Wildman–Crippen MR) is 50.4 cm³/mol. The quantitative estimate of drug-likeness (QED) is 0.766. The van der Waals surface area contributed by atoms with Gasteiger partial charge in [0.2, 0.25) is 0 Å². The monoisotopic (exact) mass is 179 g/mol. The van der Waals surface area contributed by atoms with Crippen LogP contribution in [-0.2, 0) is 11.2 Å². The van der Waals surface area contributed by atoms with E-state index in [-0.39, 0.29) is 0 Å². The van der Waals surface area contributed by atoms with Gasteiger partial charge in [-0.3, -0.25) is 0 Å². The number of ether oxygens (including phenoxy) is 1. The zero-order valence-corrected chi connectivity index (χ0v) is 7.62. The molecule has 0 atom stereocenters. The molecule has 13 heavy (non-hydrogen) atoms. The second-order valence-corrected chi connectivity index (χ2v) is 2.91. The number of nitrogens with two attached hydrogens (primary N) is 1. The fourth-order valence-electron chi connectivity index (χ4n) is 1.14. The Kier molecular flexibility index (Phi) is 3.31. The van der Waals surface area contributed by atoms with Gasteiger partial charge in [-0.1, -0.05) is 29.8 Å². The summed E-state index contributed by atoms with van der Waals surface area (Å²) in [5.74, 6) is 0. The molecule has 0 fully saturated rings. The van der Waals surface area contributed by atoms with Crippen molar-refractivity contribution in [3.8, 4) is 0 Å². The zero-order chi connectivity index (χ0) is 9.68. The summed E-state index contributed by atoms with van der Waals surface area (Å²) >= 11 is 0. The first-order chi connectivity index (χ1) is 6.18. The van der Waals surface area contributed by atoms with Crippen LogP contribution in [0.3, 0.4) is 0 Å². The highest BCUT2D eigenvalue weighted by atomic mass is 16.5. The zero-order valence-electron chi connectivity index (χ0n) is 7.62. The lowest BCUT2D eigenvalue weighted by atomic mass is 10.1. The van der Waals surface area contributed by atoms with E-state index >= 15 is 0 Å². The van der Waals surface area contributed by atoms with Gasteiger partial charge >= 0.3 is 6.09 Å². The van der Waals surface area contributed by atoms with Crippen molar-refractivity contribution < 1.29 is 9.53 Å². The highest BCUT2D eigenvalue weighted by molar-refractivity contribution is 5.64. The molecular formula is C10H13NO2. The van der Waals surface area contributed by atoms with Gasteiger partial charge in [-0.2, -0.15) is 0 Å². The third-order valence-electron chi connectivity index (χ3n) is 1.72. The molecule has 3 heteroatoms. The Labute approximate surface area is 77.5 Å². The standard InChI is InChI=1S/C10H13NO2/c1-8-3-2-4-9(7-8)5-6-13-10(11)12/h2-4,7H,5-6H2,1H3,(H2,11,12). The Morgan fingerprint density at radius 3 is 2.92 bits per heavy atom. The second kappa shape index (κ2) is 4.50. The molecule has 0 bridgehead atoms. The molecule has 1 rings (SSSR count). The topological polar surface area (TPSA) is 52.3 Å². The average Bonchev–Trinajstić information content (AvgIpc) is 2.03. The van der Waals surface area contributed by atoms with Crippen LogP contribution in [0.4, 0.5) is 4.79 Å². The van der Waals surface area contributed by atoms with E-state index in [4.69, 9.17) is 5.73 Å². The van der Waals surface area contributed by atoms with Crippen molar-refractivity contribution in [1.29, 1.82) is 0 Å². The highest BCUT2D eigenvalue weighted by Crippen LogP contribution is 2.04. The number of carbonyl (C=O) groups is 1. The number of primary amides is 1. The van der Waals surface area contributed by atoms with E-state index in [0.29, 0.717) is 13.0 Å². The number of benzene rings is 1. The second-order valence-electron chi connectivity index (χ2n) is 2.91. The van der Waals surface area contributed by atoms with E-state index < -0.39 is 6.09 Å². The molecule has 3 nitrogen and oxygen atoms in total. The number of carbonyl (C=O) groups excluding carboxylic acids is 1. The molecule has 0 aliphatic heterocycles. The van der Waals surface area contributed by atoms with Crippen molar-refractivity contribution in [3.05, 3.63) is 35.4 Å². The van der Waals surface area contributed by atoms with Gasteiger partial charge in [0, 0.05) is 6.42 Å². The summed E-state index contributed by atoms with van der Waals surface area (Å²) in [4.78, 5) is 10.3. The molecule has 2 N–H and O–H groups in total. The van der Waals surface area contributed by atoms with Crippen LogP contribution in [0.5, 0.6) is 0 Å². The lowest BCUT2D eigenvalue weighted by Crippen LogP contribution is -2.14. The first-order valence-corrected chi connectivity index (χ1v) is 4.16. The molecule has 0 aromatic heterocycles. The summed E-state index contributed by atoms with van der Waals surface area (Å²) in [7, 11) is 0. The van der Waals surface area contributed by atoms with Crippen molar-refractivity contribution >= 4 is 6.09 Å². The van der Waals surface area contributed by atoms with Gasteiger partial charge in [-0.15, -0.1) is 0 Å². The van der Waals surface area contributed by atoms with Gasteiger partial charge in [0.25, 0.3) is 0 Å². The summed E-state index contributed by atoms with van der Waals surface area (Å²) in [5.41, 5.74) is 7.18. The summed E-state index contributed by atoms with van der Waals surface area (Å²) in [5, 5.41) is 0. The van der Waals surface area contributed by atoms with Crippen LogP contribution in [-0.4, -0.2) is 12.7 Å². The molecule has 0 heterocycles. The van der Waals surface area contributed by atoms with Crippen molar-refractivity contribution in [2.45, 2.75) is 13.3 Å². The molecule has 0 saturated carbocycles. The largest absolute Gasteiger partial charge is 0.449 e. The van der Waals surface area contributed by atoms with E-state index in [1.165, 1.54) is 5.56 Å². The van der Waals surface area contributed by atoms with Gasteiger partial charge < -0.3 is 10.5 Å². The highest BCUT2D eigenvalue weighted by Gasteiger charge is 1.95. The summed E-state index contributed by atoms with van der Waals surface area (Å²) in [6, 6.07) is 8.06. The summed E-state index contributed by atoms with van der Waals surface area (Å²) in [6.45, 7) is 2.37. The lowest BCUT2D eigenvalue weighted by molar-refractivity contribution is 0.158. The molecule has 0 unspecified atom stereocenters. The Morgan fingerprint density at radius 2 is 2.31 bits per heavy atom. The van der Waals surface area contributed by atoms with Crippen molar-refractivity contribution in [3.63, 3.8) is 0 Å². The first-order valence-electron chi connectivity index (χ1n) is 4.16. The molecule has 0 aliphatic carbocycles. The third kappa shape index (κ3) is 3.60. The molecule has 70 valence electrons. The van der Waals surface area contributed by atoms with Gasteiger partial charge in [0.1, 0.15) is 0 Å². The van der Waals surface area contributed by atoms with Gasteiger partial charge in [-0.05, 0) is 12.5 Å². The summed E-state index contributed by atoms with van der Waals surface area (Å²) in [6.07, 6.45) is -0.00222. The Morgan fingerprint density at radius 1 is 1.54 bits per heavy atom. The van der Waals surface area contributed by atoms with Crippen LogP contribution in [0.2, 0.25) is 0 Å². The van der Waals surface area contributed by atoms with Crippen LogP contribution < -0.4 is 5.73 Å². The Hall–Kier alpha value is -1.51. The summed E-state index contributed by atoms with van der Waals surface area (Å²) < 4.78 is 4.62. The Bertz CT molecular complexity index is 297. The number of hydrogen-bond donors (Lipinski definition) is 1. The van der Waals surface area contributed by atoms with E-state index in [1.807, 2.05) is 25.1 Å². The number of amides is 1. The molecule has 1 aromatic carbocycles. The van der Waals surface area contributed by atoms with E-state index in [1.54, 1.807) is 0 Å². The van der Waals surface area contributed by atoms with Crippen LogP contribution in [0, 0.1) is 6.92 Å². The fraction of sp³-hybridized carbons (Fsp3) is 0.300. The maximum absolute atomic E-state index is 10.3. The van der Waals surface area contributed by atoms with E-state index in [0.717, 1.165) is 5.56 Å². The van der Waals surface area contributed by atoms with Crippen LogP contribution in [0.25, 0.3) is 0 Å². The minimum absolute atomic E-state index is 0.346. The van der Waals surface area contributed by atoms with Gasteiger partial charge in [0.15, 0.2) is 0 Å². The Balaban J connectivity index is 2.41. The fourth-order valence-corrected chi connectivity index (χ4v) is 1.14. The normalized spacial score (nSPS) is 9.62. The van der Waals surface area contributed by atoms with Crippen LogP contribution in [0.1, 0.15) is 11.1 Å². The minimum Gasteiger partial charge on any atom is -0.449 e. The first kappa shape index (κ1) is 9.58. The number of rotatable bonds is 3. The van der Waals surface area contributed by atoms with Crippen LogP contribution in [0.15, 0.2) is 24.3 Å². The van der Waals surface area contributed by atoms with E-state index in [2.05, 4.69) is 10.8 Å². The average molecular weight is 179 g/mol. The number of aryl methyl sites for hydroxylation is 1. The van der Waals surface area contributed by atoms with Gasteiger partial charge in [-0.25, -0.2) is 4.79 Å². The van der Waals surface area contributed by atoms with Crippen molar-refractivity contribution in [1.82, 2.24) is 0 Å². The predicted octanol–water partition coefficient (Wildman–Crippen LogP) is 1.63. The van der Waals surface area contributed by atoms with Gasteiger partial charge in [0.05, 0.1) is 6.61 Å². The molecule has 0 saturated heterocycles. The smallest absolute Gasteiger partial charge is 0.404 e. The van der Waals surface area contributed by atoms with E-state index in [9.17, 15) is 4.79 Å². The maximum Gasteiger partial charge on any atom is 0.404 e. The number of hydrogen-bond acceptors (Lipinski definition) is 2. The SMILES string of the molecule is Cc1cccc(CCOC(N)=O)c1. The van der Waals surface area contributed by atoms with Crippen molar-refractivity contribution in [2.24, 2.45) is 5.73 Å².